The van der Waals surface area contributed by atoms with Crippen LogP contribution in [0.3, 0.4) is 0 Å². The van der Waals surface area contributed by atoms with Crippen LogP contribution in [-0.4, -0.2) is 35.6 Å². The summed E-state index contributed by atoms with van der Waals surface area (Å²) in [6.07, 6.45) is 0.930. The van der Waals surface area contributed by atoms with Gasteiger partial charge in [-0.3, -0.25) is 4.79 Å². The van der Waals surface area contributed by atoms with Crippen LogP contribution in [0.1, 0.15) is 27.2 Å². The lowest BCUT2D eigenvalue weighted by molar-refractivity contribution is -0.155. The zero-order valence-electron chi connectivity index (χ0n) is 9.25. The zero-order chi connectivity index (χ0) is 11.9. The first-order valence-corrected chi connectivity index (χ1v) is 6.22. The molecule has 0 unspecified atom stereocenters. The van der Waals surface area contributed by atoms with Crippen LogP contribution in [0.15, 0.2) is 0 Å². The lowest BCUT2D eigenvalue weighted by Crippen LogP contribution is -2.38. The third-order valence-electron chi connectivity index (χ3n) is 1.42. The van der Waals surface area contributed by atoms with E-state index in [4.69, 9.17) is 4.74 Å². The second-order valence-corrected chi connectivity index (χ2v) is 4.99. The van der Waals surface area contributed by atoms with Crippen molar-refractivity contribution in [2.45, 2.75) is 38.8 Å². The molecule has 1 atom stereocenters. The van der Waals surface area contributed by atoms with Gasteiger partial charge in [0.1, 0.15) is 5.60 Å². The highest BCUT2D eigenvalue weighted by atomic mass is 127. The number of alkyl halides is 1. The molecule has 0 spiro atoms. The lowest BCUT2D eigenvalue weighted by atomic mass is 9.96. The van der Waals surface area contributed by atoms with Gasteiger partial charge in [-0.05, 0) is 20.8 Å². The number of carbonyl (C=O) groups is 2. The summed E-state index contributed by atoms with van der Waals surface area (Å²) in [7, 11) is 1.30. The van der Waals surface area contributed by atoms with E-state index in [1.165, 1.54) is 7.41 Å². The molecule has 0 aromatic rings. The SMILES string of the molecule is CC(C)(C)OC(=O)C[C@@H](CI)N[B]C=O. The van der Waals surface area contributed by atoms with Gasteiger partial charge in [-0.25, -0.2) is 0 Å². The van der Waals surface area contributed by atoms with E-state index in [0.717, 1.165) is 4.43 Å². The minimum atomic E-state index is -0.457. The Labute approximate surface area is 105 Å². The Morgan fingerprint density at radius 3 is 2.60 bits per heavy atom. The zero-order valence-corrected chi connectivity index (χ0v) is 11.4. The minimum Gasteiger partial charge on any atom is -0.460 e. The molecule has 1 radical (unpaired) electrons. The number of rotatable bonds is 6. The summed E-state index contributed by atoms with van der Waals surface area (Å²) in [5.41, 5.74) is -0.457. The summed E-state index contributed by atoms with van der Waals surface area (Å²) in [5, 5.41) is 2.83. The number of nitrogens with one attached hydrogen (secondary N) is 1. The van der Waals surface area contributed by atoms with E-state index in [1.54, 1.807) is 0 Å². The molecule has 0 saturated carbocycles. The first-order chi connectivity index (χ1) is 6.89. The molecular formula is C9H16BINO3. The van der Waals surface area contributed by atoms with Crippen molar-refractivity contribution in [3.05, 3.63) is 0 Å². The quantitative estimate of drug-likeness (QED) is 0.260. The summed E-state index contributed by atoms with van der Waals surface area (Å²) < 4.78 is 5.90. The average Bonchev–Trinajstić information content (AvgIpc) is 2.09. The van der Waals surface area contributed by atoms with Gasteiger partial charge in [0.15, 0.2) is 0 Å². The van der Waals surface area contributed by atoms with Gasteiger partial charge in [-0.2, -0.15) is 0 Å². The Morgan fingerprint density at radius 1 is 1.60 bits per heavy atom. The summed E-state index contributed by atoms with van der Waals surface area (Å²) in [4.78, 5) is 21.5. The predicted octanol–water partition coefficient (Wildman–Crippen LogP) is 0.921. The number of esters is 1. The van der Waals surface area contributed by atoms with E-state index in [0.29, 0.717) is 6.19 Å². The molecular weight excluding hydrogens is 308 g/mol. The van der Waals surface area contributed by atoms with E-state index in [2.05, 4.69) is 27.8 Å². The third-order valence-corrected chi connectivity index (χ3v) is 2.48. The maximum absolute atomic E-state index is 11.4. The second kappa shape index (κ2) is 7.21. The highest BCUT2D eigenvalue weighted by Gasteiger charge is 2.19. The number of hydrogen-bond acceptors (Lipinski definition) is 4. The number of halogens is 1. The molecule has 1 N–H and O–H groups in total. The first kappa shape index (κ1) is 14.9. The first-order valence-electron chi connectivity index (χ1n) is 4.70. The molecule has 0 aromatic heterocycles. The monoisotopic (exact) mass is 324 g/mol. The van der Waals surface area contributed by atoms with E-state index >= 15 is 0 Å². The molecule has 0 fully saturated rings. The van der Waals surface area contributed by atoms with Crippen LogP contribution in [0.2, 0.25) is 0 Å². The second-order valence-electron chi connectivity index (χ2n) is 4.11. The molecule has 0 rings (SSSR count). The van der Waals surface area contributed by atoms with Crippen molar-refractivity contribution in [2.75, 3.05) is 4.43 Å². The fourth-order valence-electron chi connectivity index (χ4n) is 0.918. The Kier molecular flexibility index (Phi) is 7.16. The third kappa shape index (κ3) is 8.86. The van der Waals surface area contributed by atoms with Crippen LogP contribution >= 0.6 is 22.6 Å². The fourth-order valence-corrected chi connectivity index (χ4v) is 1.48. The summed E-state index contributed by atoms with van der Waals surface area (Å²) >= 11 is 2.15. The van der Waals surface area contributed by atoms with Crippen LogP contribution in [0.5, 0.6) is 0 Å². The molecule has 0 aliphatic heterocycles. The Morgan fingerprint density at radius 2 is 2.20 bits per heavy atom. The van der Waals surface area contributed by atoms with Crippen molar-refractivity contribution in [2.24, 2.45) is 0 Å². The Hall–Kier alpha value is -0.105. The van der Waals surface area contributed by atoms with E-state index in [1.807, 2.05) is 20.8 Å². The maximum Gasteiger partial charge on any atom is 0.307 e. The van der Waals surface area contributed by atoms with Gasteiger partial charge in [-0.1, -0.05) is 22.6 Å². The Bertz CT molecular complexity index is 218. The minimum absolute atomic E-state index is 0.0503. The van der Waals surface area contributed by atoms with Crippen LogP contribution in [-0.2, 0) is 14.3 Å². The van der Waals surface area contributed by atoms with Gasteiger partial charge in [0.05, 0.1) is 12.6 Å². The molecule has 0 bridgehead atoms. The van der Waals surface area contributed by atoms with E-state index in [-0.39, 0.29) is 18.4 Å². The lowest BCUT2D eigenvalue weighted by Gasteiger charge is -2.21. The van der Waals surface area contributed by atoms with Gasteiger partial charge in [0, 0.05) is 10.5 Å². The van der Waals surface area contributed by atoms with Crippen molar-refractivity contribution >= 4 is 42.2 Å². The molecule has 0 amide bonds. The molecule has 6 heteroatoms. The Balaban J connectivity index is 3.95. The molecule has 85 valence electrons. The highest BCUT2D eigenvalue weighted by molar-refractivity contribution is 14.1. The molecule has 15 heavy (non-hydrogen) atoms. The summed E-state index contributed by atoms with van der Waals surface area (Å²) in [6.45, 7) is 5.48. The topological polar surface area (TPSA) is 55.4 Å². The summed E-state index contributed by atoms with van der Waals surface area (Å²) in [6, 6.07) is -0.0503. The van der Waals surface area contributed by atoms with Crippen molar-refractivity contribution in [1.82, 2.24) is 5.23 Å². The van der Waals surface area contributed by atoms with Crippen molar-refractivity contribution < 1.29 is 14.3 Å². The van der Waals surface area contributed by atoms with Gasteiger partial charge in [0.2, 0.25) is 0 Å². The summed E-state index contributed by atoms with van der Waals surface area (Å²) in [5.74, 6) is -0.254. The predicted molar refractivity (Wildman–Crippen MR) is 68.8 cm³/mol. The van der Waals surface area contributed by atoms with Gasteiger partial charge in [-0.15, -0.1) is 0 Å². The number of carbonyl (C=O) groups excluding carboxylic acids is 2. The standard InChI is InChI=1S/C9H16BINO3/c1-9(2,3)15-8(14)4-7(5-11)12-10-6-13/h6-7,12H,4-5H2,1-3H3/t7-/m0/s1. The van der Waals surface area contributed by atoms with E-state index < -0.39 is 5.60 Å². The molecule has 4 nitrogen and oxygen atoms in total. The van der Waals surface area contributed by atoms with Crippen LogP contribution in [0.4, 0.5) is 0 Å². The maximum atomic E-state index is 11.4. The number of ether oxygens (including phenoxy) is 1. The fraction of sp³-hybridized carbons (Fsp3) is 0.778. The van der Waals surface area contributed by atoms with Crippen LogP contribution < -0.4 is 5.23 Å². The van der Waals surface area contributed by atoms with Crippen LogP contribution in [0.25, 0.3) is 0 Å². The van der Waals surface area contributed by atoms with Crippen LogP contribution in [0, 0.1) is 0 Å². The van der Waals surface area contributed by atoms with Crippen molar-refractivity contribution in [3.63, 3.8) is 0 Å². The smallest absolute Gasteiger partial charge is 0.307 e. The molecule has 0 aliphatic carbocycles. The van der Waals surface area contributed by atoms with Gasteiger partial charge in [0.25, 0.3) is 7.41 Å². The average molecular weight is 324 g/mol. The highest BCUT2D eigenvalue weighted by Crippen LogP contribution is 2.09. The number of hydrogen-bond donors (Lipinski definition) is 1. The van der Waals surface area contributed by atoms with Crippen molar-refractivity contribution in [3.8, 4) is 0 Å². The van der Waals surface area contributed by atoms with Gasteiger partial charge < -0.3 is 14.8 Å². The molecule has 0 aromatic carbocycles. The molecule has 0 heterocycles. The molecule has 0 aliphatic rings. The van der Waals surface area contributed by atoms with Gasteiger partial charge >= 0.3 is 5.97 Å². The van der Waals surface area contributed by atoms with E-state index in [9.17, 15) is 9.59 Å². The van der Waals surface area contributed by atoms with Crippen molar-refractivity contribution in [1.29, 1.82) is 0 Å². The normalized spacial score (nSPS) is 13.1. The molecule has 0 saturated heterocycles. The largest absolute Gasteiger partial charge is 0.460 e.